The largest absolute Gasteiger partial charge is 0.296 e. The van der Waals surface area contributed by atoms with Crippen molar-refractivity contribution in [3.63, 3.8) is 0 Å². The standard InChI is InChI=1S/C16H27N3O/c1-4-5-6-13-7-9-14(10-8-13)16-15(11-20)17-18-19(16)12(2)3/h11-14H,4-10H2,1-3H3. The quantitative estimate of drug-likeness (QED) is 0.734. The highest BCUT2D eigenvalue weighted by Gasteiger charge is 2.28. The van der Waals surface area contributed by atoms with E-state index in [2.05, 4.69) is 31.1 Å². The van der Waals surface area contributed by atoms with Gasteiger partial charge in [0.25, 0.3) is 0 Å². The van der Waals surface area contributed by atoms with Gasteiger partial charge in [-0.25, -0.2) is 4.68 Å². The van der Waals surface area contributed by atoms with Crippen LogP contribution in [-0.4, -0.2) is 21.3 Å². The van der Waals surface area contributed by atoms with Crippen LogP contribution in [0.5, 0.6) is 0 Å². The number of carbonyl (C=O) groups excluding carboxylic acids is 1. The number of carbonyl (C=O) groups is 1. The van der Waals surface area contributed by atoms with Crippen molar-refractivity contribution >= 4 is 6.29 Å². The average molecular weight is 277 g/mol. The second kappa shape index (κ2) is 7.00. The lowest BCUT2D eigenvalue weighted by Gasteiger charge is -2.29. The summed E-state index contributed by atoms with van der Waals surface area (Å²) in [5.41, 5.74) is 1.62. The fourth-order valence-corrected chi connectivity index (χ4v) is 3.39. The van der Waals surface area contributed by atoms with Crippen molar-refractivity contribution in [2.45, 2.75) is 77.7 Å². The lowest BCUT2D eigenvalue weighted by atomic mass is 9.78. The Morgan fingerprint density at radius 2 is 2.00 bits per heavy atom. The van der Waals surface area contributed by atoms with E-state index in [1.54, 1.807) is 0 Å². The van der Waals surface area contributed by atoms with Crippen LogP contribution in [0.1, 0.15) is 93.9 Å². The van der Waals surface area contributed by atoms with Gasteiger partial charge in [0.05, 0.1) is 5.69 Å². The molecule has 0 unspecified atom stereocenters. The molecule has 1 aliphatic rings. The summed E-state index contributed by atoms with van der Waals surface area (Å²) in [6, 6.07) is 0.268. The zero-order valence-corrected chi connectivity index (χ0v) is 13.0. The Morgan fingerprint density at radius 3 is 2.55 bits per heavy atom. The second-order valence-corrected chi connectivity index (χ2v) is 6.38. The maximum atomic E-state index is 11.2. The summed E-state index contributed by atoms with van der Waals surface area (Å²) in [7, 11) is 0. The van der Waals surface area contributed by atoms with E-state index in [0.717, 1.165) is 17.9 Å². The summed E-state index contributed by atoms with van der Waals surface area (Å²) < 4.78 is 1.95. The molecule has 1 aromatic rings. The van der Waals surface area contributed by atoms with Gasteiger partial charge in [0, 0.05) is 12.0 Å². The molecule has 0 aliphatic heterocycles. The minimum atomic E-state index is 0.268. The Morgan fingerprint density at radius 1 is 1.30 bits per heavy atom. The molecule has 0 aromatic carbocycles. The summed E-state index contributed by atoms with van der Waals surface area (Å²) in [5, 5.41) is 8.21. The van der Waals surface area contributed by atoms with E-state index in [4.69, 9.17) is 0 Å². The van der Waals surface area contributed by atoms with Crippen LogP contribution in [0.25, 0.3) is 0 Å². The van der Waals surface area contributed by atoms with E-state index in [0.29, 0.717) is 11.6 Å². The summed E-state index contributed by atoms with van der Waals surface area (Å²) >= 11 is 0. The normalized spacial score (nSPS) is 23.2. The summed E-state index contributed by atoms with van der Waals surface area (Å²) in [4.78, 5) is 11.2. The van der Waals surface area contributed by atoms with Crippen molar-refractivity contribution in [3.05, 3.63) is 11.4 Å². The van der Waals surface area contributed by atoms with E-state index >= 15 is 0 Å². The highest BCUT2D eigenvalue weighted by Crippen LogP contribution is 2.38. The molecule has 4 heteroatoms. The molecule has 0 amide bonds. The van der Waals surface area contributed by atoms with Crippen LogP contribution in [0, 0.1) is 5.92 Å². The lowest BCUT2D eigenvalue weighted by molar-refractivity contribution is 0.111. The van der Waals surface area contributed by atoms with Crippen molar-refractivity contribution < 1.29 is 4.79 Å². The van der Waals surface area contributed by atoms with Gasteiger partial charge in [0.15, 0.2) is 6.29 Å². The molecule has 0 N–H and O–H groups in total. The maximum Gasteiger partial charge on any atom is 0.172 e. The van der Waals surface area contributed by atoms with Gasteiger partial charge in [-0.2, -0.15) is 0 Å². The SMILES string of the molecule is CCCCC1CCC(c2c(C=O)nnn2C(C)C)CC1. The molecule has 0 bridgehead atoms. The van der Waals surface area contributed by atoms with E-state index in [9.17, 15) is 4.79 Å². The minimum Gasteiger partial charge on any atom is -0.296 e. The lowest BCUT2D eigenvalue weighted by Crippen LogP contribution is -2.18. The second-order valence-electron chi connectivity index (χ2n) is 6.38. The third-order valence-electron chi connectivity index (χ3n) is 4.56. The molecule has 0 saturated heterocycles. The Hall–Kier alpha value is -1.19. The van der Waals surface area contributed by atoms with Gasteiger partial charge in [-0.05, 0) is 45.4 Å². The Bertz CT molecular complexity index is 431. The molecular weight excluding hydrogens is 250 g/mol. The predicted octanol–water partition coefficient (Wildman–Crippen LogP) is 4.14. The molecule has 0 radical (unpaired) electrons. The molecule has 1 aromatic heterocycles. The molecule has 1 heterocycles. The van der Waals surface area contributed by atoms with Crippen LogP contribution in [-0.2, 0) is 0 Å². The topological polar surface area (TPSA) is 47.8 Å². The Labute approximate surface area is 121 Å². The highest BCUT2D eigenvalue weighted by atomic mass is 16.1. The van der Waals surface area contributed by atoms with Crippen LogP contribution in [0.15, 0.2) is 0 Å². The first-order valence-electron chi connectivity index (χ1n) is 8.07. The number of hydrogen-bond acceptors (Lipinski definition) is 3. The molecule has 0 spiro atoms. The first kappa shape index (κ1) is 15.2. The predicted molar refractivity (Wildman–Crippen MR) is 80.0 cm³/mol. The summed E-state index contributed by atoms with van der Waals surface area (Å²) in [6.45, 7) is 6.45. The van der Waals surface area contributed by atoms with Crippen molar-refractivity contribution in [2.75, 3.05) is 0 Å². The molecule has 1 aliphatic carbocycles. The van der Waals surface area contributed by atoms with E-state index in [1.807, 2.05) is 4.68 Å². The molecule has 20 heavy (non-hydrogen) atoms. The van der Waals surface area contributed by atoms with Crippen molar-refractivity contribution in [1.29, 1.82) is 0 Å². The molecule has 0 atom stereocenters. The zero-order valence-electron chi connectivity index (χ0n) is 13.0. The van der Waals surface area contributed by atoms with Crippen LogP contribution in [0.2, 0.25) is 0 Å². The van der Waals surface area contributed by atoms with Gasteiger partial charge in [-0.3, -0.25) is 4.79 Å². The van der Waals surface area contributed by atoms with Crippen LogP contribution in [0.3, 0.4) is 0 Å². The molecule has 112 valence electrons. The number of aldehydes is 1. The van der Waals surface area contributed by atoms with Crippen LogP contribution >= 0.6 is 0 Å². The van der Waals surface area contributed by atoms with E-state index < -0.39 is 0 Å². The van der Waals surface area contributed by atoms with Crippen molar-refractivity contribution in [1.82, 2.24) is 15.0 Å². The van der Waals surface area contributed by atoms with Gasteiger partial charge in [-0.1, -0.05) is 31.4 Å². The van der Waals surface area contributed by atoms with Gasteiger partial charge >= 0.3 is 0 Å². The number of hydrogen-bond donors (Lipinski definition) is 0. The molecule has 1 fully saturated rings. The monoisotopic (exact) mass is 277 g/mol. The van der Waals surface area contributed by atoms with Crippen LogP contribution in [0.4, 0.5) is 0 Å². The fraction of sp³-hybridized carbons (Fsp3) is 0.812. The average Bonchev–Trinajstić information content (AvgIpc) is 2.89. The number of aromatic nitrogens is 3. The van der Waals surface area contributed by atoms with Gasteiger partial charge in [-0.15, -0.1) is 5.10 Å². The third kappa shape index (κ3) is 3.28. The first-order chi connectivity index (χ1) is 9.67. The van der Waals surface area contributed by atoms with Gasteiger partial charge in [0.1, 0.15) is 5.69 Å². The zero-order chi connectivity index (χ0) is 14.5. The fourth-order valence-electron chi connectivity index (χ4n) is 3.39. The van der Waals surface area contributed by atoms with Gasteiger partial charge < -0.3 is 0 Å². The van der Waals surface area contributed by atoms with E-state index in [1.165, 1.54) is 44.9 Å². The Balaban J connectivity index is 2.06. The maximum absolute atomic E-state index is 11.2. The van der Waals surface area contributed by atoms with Crippen molar-refractivity contribution in [2.24, 2.45) is 5.92 Å². The van der Waals surface area contributed by atoms with E-state index in [-0.39, 0.29) is 6.04 Å². The Kier molecular flexibility index (Phi) is 5.32. The van der Waals surface area contributed by atoms with Crippen LogP contribution < -0.4 is 0 Å². The molecular formula is C16H27N3O. The molecule has 2 rings (SSSR count). The molecule has 1 saturated carbocycles. The first-order valence-corrected chi connectivity index (χ1v) is 8.07. The number of unbranched alkanes of at least 4 members (excludes halogenated alkanes) is 1. The van der Waals surface area contributed by atoms with Gasteiger partial charge in [0.2, 0.25) is 0 Å². The molecule has 4 nitrogen and oxygen atoms in total. The number of nitrogens with zero attached hydrogens (tertiary/aromatic N) is 3. The smallest absolute Gasteiger partial charge is 0.172 e. The van der Waals surface area contributed by atoms with Crippen molar-refractivity contribution in [3.8, 4) is 0 Å². The minimum absolute atomic E-state index is 0.268. The summed E-state index contributed by atoms with van der Waals surface area (Å²) in [5.74, 6) is 1.35. The highest BCUT2D eigenvalue weighted by molar-refractivity contribution is 5.73. The number of rotatable bonds is 6. The summed E-state index contributed by atoms with van der Waals surface area (Å²) in [6.07, 6.45) is 9.79. The third-order valence-corrected chi connectivity index (χ3v) is 4.56.